The van der Waals surface area contributed by atoms with Crippen molar-refractivity contribution in [1.82, 2.24) is 19.7 Å². The first-order valence-electron chi connectivity index (χ1n) is 8.05. The molecule has 0 aliphatic heterocycles. The Morgan fingerprint density at radius 1 is 1.11 bits per heavy atom. The number of rotatable bonds is 3. The van der Waals surface area contributed by atoms with Crippen LogP contribution in [0.25, 0.3) is 11.1 Å². The predicted molar refractivity (Wildman–Crippen MR) is 94.5 cm³/mol. The van der Waals surface area contributed by atoms with E-state index in [0.29, 0.717) is 11.3 Å². The molecule has 0 unspecified atom stereocenters. The lowest BCUT2D eigenvalue weighted by Crippen LogP contribution is -2.27. The fourth-order valence-electron chi connectivity index (χ4n) is 2.23. The third kappa shape index (κ3) is 4.84. The second kappa shape index (κ2) is 7.10. The Bertz CT molecular complexity index is 944. The molecular formula is C18H17F2N5O2. The van der Waals surface area contributed by atoms with Gasteiger partial charge in [0.15, 0.2) is 0 Å². The van der Waals surface area contributed by atoms with Crippen molar-refractivity contribution >= 4 is 17.6 Å². The monoisotopic (exact) mass is 373 g/mol. The molecule has 9 heteroatoms. The lowest BCUT2D eigenvalue weighted by Gasteiger charge is -2.18. The summed E-state index contributed by atoms with van der Waals surface area (Å²) in [6.07, 6.45) is 1.39. The van der Waals surface area contributed by atoms with Crippen LogP contribution in [0, 0.1) is 12.0 Å². The second-order valence-electron chi connectivity index (χ2n) is 6.70. The summed E-state index contributed by atoms with van der Waals surface area (Å²) in [6, 6.07) is 7.94. The molecule has 7 nitrogen and oxygen atoms in total. The average molecular weight is 373 g/mol. The lowest BCUT2D eigenvalue weighted by atomic mass is 10.1. The minimum atomic E-state index is -1.15. The summed E-state index contributed by atoms with van der Waals surface area (Å²) in [5.74, 6) is -0.957. The molecule has 1 aromatic carbocycles. The highest BCUT2D eigenvalue weighted by atomic mass is 19.1. The minimum absolute atomic E-state index is 0.00509. The number of halogens is 2. The van der Waals surface area contributed by atoms with E-state index >= 15 is 0 Å². The fourth-order valence-corrected chi connectivity index (χ4v) is 2.23. The predicted octanol–water partition coefficient (Wildman–Crippen LogP) is 4.15. The van der Waals surface area contributed by atoms with Gasteiger partial charge in [0, 0.05) is 23.5 Å². The highest BCUT2D eigenvalue weighted by molar-refractivity contribution is 5.73. The first-order chi connectivity index (χ1) is 12.7. The Labute approximate surface area is 154 Å². The molecule has 0 saturated heterocycles. The molecule has 3 aromatic rings. The van der Waals surface area contributed by atoms with Crippen molar-refractivity contribution in [2.75, 3.05) is 5.32 Å². The first kappa shape index (κ1) is 18.4. The van der Waals surface area contributed by atoms with Crippen LogP contribution in [-0.4, -0.2) is 31.4 Å². The molecule has 3 rings (SSSR count). The number of carbonyl (C=O) groups is 1. The molecule has 0 amide bonds. The van der Waals surface area contributed by atoms with Gasteiger partial charge in [0.05, 0.1) is 6.20 Å². The molecule has 0 saturated carbocycles. The zero-order valence-corrected chi connectivity index (χ0v) is 14.9. The van der Waals surface area contributed by atoms with Crippen molar-refractivity contribution in [2.24, 2.45) is 0 Å². The van der Waals surface area contributed by atoms with E-state index in [0.717, 1.165) is 16.3 Å². The van der Waals surface area contributed by atoms with Crippen molar-refractivity contribution in [3.05, 3.63) is 54.8 Å². The quantitative estimate of drug-likeness (QED) is 0.549. The van der Waals surface area contributed by atoms with Crippen molar-refractivity contribution in [3.8, 4) is 11.1 Å². The number of hydrogen-bond donors (Lipinski definition) is 1. The maximum absolute atomic E-state index is 13.1. The Morgan fingerprint density at radius 3 is 2.44 bits per heavy atom. The average Bonchev–Trinajstić information content (AvgIpc) is 3.03. The van der Waals surface area contributed by atoms with Crippen LogP contribution < -0.4 is 5.32 Å². The van der Waals surface area contributed by atoms with Crippen LogP contribution in [-0.2, 0) is 4.74 Å². The van der Waals surface area contributed by atoms with Crippen molar-refractivity contribution in [2.45, 2.75) is 26.4 Å². The van der Waals surface area contributed by atoms with Gasteiger partial charge in [-0.05, 0) is 38.5 Å². The zero-order chi connectivity index (χ0) is 19.6. The molecular weight excluding hydrogens is 356 g/mol. The van der Waals surface area contributed by atoms with E-state index in [9.17, 15) is 13.6 Å². The second-order valence-corrected chi connectivity index (χ2v) is 6.70. The summed E-state index contributed by atoms with van der Waals surface area (Å²) < 4.78 is 32.5. The van der Waals surface area contributed by atoms with Gasteiger partial charge in [-0.2, -0.15) is 28.5 Å². The number of carbonyl (C=O) groups excluding carboxylic acids is 1. The molecule has 27 heavy (non-hydrogen) atoms. The maximum atomic E-state index is 13.1. The molecule has 140 valence electrons. The molecule has 2 aromatic heterocycles. The normalized spacial score (nSPS) is 11.3. The van der Waals surface area contributed by atoms with E-state index in [2.05, 4.69) is 20.4 Å². The largest absolute Gasteiger partial charge is 0.442 e. The lowest BCUT2D eigenvalue weighted by molar-refractivity contribution is 0.0514. The molecule has 0 atom stereocenters. The van der Waals surface area contributed by atoms with Gasteiger partial charge in [0.1, 0.15) is 11.4 Å². The van der Waals surface area contributed by atoms with Crippen LogP contribution in [0.3, 0.4) is 0 Å². The Kier molecular flexibility index (Phi) is 4.85. The van der Waals surface area contributed by atoms with E-state index in [1.165, 1.54) is 0 Å². The van der Waals surface area contributed by atoms with Crippen LogP contribution in [0.1, 0.15) is 20.8 Å². The van der Waals surface area contributed by atoms with Gasteiger partial charge in [-0.15, -0.1) is 0 Å². The summed E-state index contributed by atoms with van der Waals surface area (Å²) >= 11 is 0. The molecule has 0 aliphatic rings. The highest BCUT2D eigenvalue weighted by Gasteiger charge is 2.18. The van der Waals surface area contributed by atoms with Crippen molar-refractivity contribution < 1.29 is 18.3 Å². The molecule has 0 aliphatic carbocycles. The molecule has 0 fully saturated rings. The number of benzene rings is 1. The standard InChI is InChI=1S/C18H17F2N5O2/c1-18(2,3)27-17(26)25-10-12(9-21-25)11-4-6-13(7-5-11)22-15-8-14(19)23-16(20)24-15/h4-10H,1-3H3,(H,22,23,24). The summed E-state index contributed by atoms with van der Waals surface area (Å²) in [6.45, 7) is 5.32. The molecule has 0 bridgehead atoms. The van der Waals surface area contributed by atoms with Gasteiger partial charge in [-0.1, -0.05) is 12.1 Å². The van der Waals surface area contributed by atoms with E-state index in [1.54, 1.807) is 57.4 Å². The minimum Gasteiger partial charge on any atom is -0.442 e. The Morgan fingerprint density at radius 2 is 1.81 bits per heavy atom. The molecule has 0 spiro atoms. The molecule has 2 heterocycles. The number of nitrogens with zero attached hydrogens (tertiary/aromatic N) is 4. The van der Waals surface area contributed by atoms with Gasteiger partial charge >= 0.3 is 12.2 Å². The number of aromatic nitrogens is 4. The topological polar surface area (TPSA) is 81.9 Å². The Balaban J connectivity index is 1.73. The van der Waals surface area contributed by atoms with E-state index in [-0.39, 0.29) is 5.82 Å². The van der Waals surface area contributed by atoms with Gasteiger partial charge in [0.2, 0.25) is 5.95 Å². The van der Waals surface area contributed by atoms with Crippen LogP contribution in [0.2, 0.25) is 0 Å². The SMILES string of the molecule is CC(C)(C)OC(=O)n1cc(-c2ccc(Nc3cc(F)nc(F)n3)cc2)cn1. The Hall–Kier alpha value is -3.36. The number of anilines is 2. The summed E-state index contributed by atoms with van der Waals surface area (Å²) in [5, 5.41) is 6.80. The van der Waals surface area contributed by atoms with Gasteiger partial charge in [0.25, 0.3) is 0 Å². The van der Waals surface area contributed by atoms with Crippen LogP contribution in [0.15, 0.2) is 42.7 Å². The van der Waals surface area contributed by atoms with E-state index in [1.807, 2.05) is 0 Å². The molecule has 1 N–H and O–H groups in total. The van der Waals surface area contributed by atoms with Crippen LogP contribution in [0.5, 0.6) is 0 Å². The first-order valence-corrected chi connectivity index (χ1v) is 8.05. The summed E-state index contributed by atoms with van der Waals surface area (Å²) in [5.41, 5.74) is 1.48. The number of hydrogen-bond acceptors (Lipinski definition) is 6. The highest BCUT2D eigenvalue weighted by Crippen LogP contribution is 2.23. The van der Waals surface area contributed by atoms with Crippen LogP contribution >= 0.6 is 0 Å². The number of nitrogens with one attached hydrogen (secondary N) is 1. The van der Waals surface area contributed by atoms with E-state index < -0.39 is 23.7 Å². The maximum Gasteiger partial charge on any atom is 0.435 e. The van der Waals surface area contributed by atoms with E-state index in [4.69, 9.17) is 4.74 Å². The van der Waals surface area contributed by atoms with Crippen molar-refractivity contribution in [1.29, 1.82) is 0 Å². The van der Waals surface area contributed by atoms with Gasteiger partial charge in [-0.25, -0.2) is 4.79 Å². The number of ether oxygens (including phenoxy) is 1. The summed E-state index contributed by atoms with van der Waals surface area (Å²) in [4.78, 5) is 18.4. The molecule has 0 radical (unpaired) electrons. The third-order valence-electron chi connectivity index (χ3n) is 3.32. The van der Waals surface area contributed by atoms with Crippen LogP contribution in [0.4, 0.5) is 25.1 Å². The fraction of sp³-hybridized carbons (Fsp3) is 0.222. The zero-order valence-electron chi connectivity index (χ0n) is 14.9. The van der Waals surface area contributed by atoms with Gasteiger partial charge < -0.3 is 10.1 Å². The van der Waals surface area contributed by atoms with Gasteiger partial charge in [-0.3, -0.25) is 0 Å². The smallest absolute Gasteiger partial charge is 0.435 e. The summed E-state index contributed by atoms with van der Waals surface area (Å²) in [7, 11) is 0. The van der Waals surface area contributed by atoms with Crippen molar-refractivity contribution in [3.63, 3.8) is 0 Å². The third-order valence-corrected chi connectivity index (χ3v) is 3.32.